The molecule has 3 nitrogen and oxygen atoms in total. The first kappa shape index (κ1) is 15.1. The highest BCUT2D eigenvalue weighted by Gasteiger charge is 2.28. The normalized spacial score (nSPS) is 16.9. The SMILES string of the molecule is C=CCOc1ccc(Cl)cc1/C=C1/SC(=S)N(C)C1=O. The van der Waals surface area contributed by atoms with E-state index in [1.54, 1.807) is 37.4 Å². The van der Waals surface area contributed by atoms with Gasteiger partial charge in [0.15, 0.2) is 0 Å². The fourth-order valence-corrected chi connectivity index (χ4v) is 2.95. The van der Waals surface area contributed by atoms with E-state index in [2.05, 4.69) is 6.58 Å². The third-order valence-electron chi connectivity index (χ3n) is 2.60. The Balaban J connectivity index is 2.37. The molecule has 0 aliphatic carbocycles. The standard InChI is InChI=1S/C14H12ClNO2S2/c1-3-6-18-11-5-4-10(15)7-9(11)8-12-13(17)16(2)14(19)20-12/h3-5,7-8H,1,6H2,2H3/b12-8+. The Bertz CT molecular complexity index is 613. The van der Waals surface area contributed by atoms with Crippen LogP contribution in [-0.4, -0.2) is 28.8 Å². The third-order valence-corrected chi connectivity index (χ3v) is 4.32. The van der Waals surface area contributed by atoms with Crippen LogP contribution in [0.1, 0.15) is 5.56 Å². The monoisotopic (exact) mass is 325 g/mol. The van der Waals surface area contributed by atoms with Crippen LogP contribution in [0.3, 0.4) is 0 Å². The van der Waals surface area contributed by atoms with Crippen molar-refractivity contribution < 1.29 is 9.53 Å². The molecule has 1 amide bonds. The number of rotatable bonds is 4. The van der Waals surface area contributed by atoms with Crippen molar-refractivity contribution in [1.82, 2.24) is 4.90 Å². The number of thioether (sulfide) groups is 1. The number of ether oxygens (including phenoxy) is 1. The Labute approximate surface area is 132 Å². The van der Waals surface area contributed by atoms with Crippen LogP contribution in [0.5, 0.6) is 5.75 Å². The number of benzene rings is 1. The Morgan fingerprint density at radius 1 is 1.55 bits per heavy atom. The number of hydrogen-bond acceptors (Lipinski definition) is 4. The lowest BCUT2D eigenvalue weighted by Crippen LogP contribution is -2.22. The summed E-state index contributed by atoms with van der Waals surface area (Å²) in [6.07, 6.45) is 3.40. The number of hydrogen-bond donors (Lipinski definition) is 0. The summed E-state index contributed by atoms with van der Waals surface area (Å²) >= 11 is 12.4. The number of halogens is 1. The van der Waals surface area contributed by atoms with Gasteiger partial charge in [-0.3, -0.25) is 9.69 Å². The van der Waals surface area contributed by atoms with Gasteiger partial charge in [0.25, 0.3) is 5.91 Å². The van der Waals surface area contributed by atoms with Gasteiger partial charge in [-0.05, 0) is 24.3 Å². The van der Waals surface area contributed by atoms with E-state index in [0.29, 0.717) is 26.6 Å². The summed E-state index contributed by atoms with van der Waals surface area (Å²) in [6, 6.07) is 5.26. The largest absolute Gasteiger partial charge is 0.489 e. The number of thiocarbonyl (C=S) groups is 1. The fourth-order valence-electron chi connectivity index (χ4n) is 1.60. The number of amides is 1. The van der Waals surface area contributed by atoms with Crippen LogP contribution in [0, 0.1) is 0 Å². The van der Waals surface area contributed by atoms with E-state index < -0.39 is 0 Å². The zero-order valence-corrected chi connectivity index (χ0v) is 13.1. The molecular formula is C14H12ClNO2S2. The molecular weight excluding hydrogens is 314 g/mol. The second kappa shape index (κ2) is 6.43. The lowest BCUT2D eigenvalue weighted by Gasteiger charge is -2.08. The lowest BCUT2D eigenvalue weighted by atomic mass is 10.2. The quantitative estimate of drug-likeness (QED) is 0.479. The van der Waals surface area contributed by atoms with Crippen molar-refractivity contribution in [2.24, 2.45) is 0 Å². The van der Waals surface area contributed by atoms with Gasteiger partial charge in [0, 0.05) is 17.6 Å². The highest BCUT2D eigenvalue weighted by Crippen LogP contribution is 2.34. The molecule has 1 aliphatic rings. The zero-order chi connectivity index (χ0) is 14.7. The first-order chi connectivity index (χ1) is 9.52. The Hall–Kier alpha value is -1.30. The van der Waals surface area contributed by atoms with Crippen molar-refractivity contribution in [2.75, 3.05) is 13.7 Å². The second-order valence-corrected chi connectivity index (χ2v) is 6.13. The smallest absolute Gasteiger partial charge is 0.265 e. The predicted octanol–water partition coefficient (Wildman–Crippen LogP) is 3.74. The Kier molecular flexibility index (Phi) is 4.86. The van der Waals surface area contributed by atoms with E-state index in [0.717, 1.165) is 5.56 Å². The van der Waals surface area contributed by atoms with Crippen LogP contribution in [0.15, 0.2) is 35.8 Å². The molecule has 104 valence electrons. The minimum Gasteiger partial charge on any atom is -0.489 e. The van der Waals surface area contributed by atoms with Gasteiger partial charge in [0.1, 0.15) is 16.7 Å². The van der Waals surface area contributed by atoms with Crippen LogP contribution in [0.4, 0.5) is 0 Å². The minimum absolute atomic E-state index is 0.116. The zero-order valence-electron chi connectivity index (χ0n) is 10.8. The number of nitrogens with zero attached hydrogens (tertiary/aromatic N) is 1. The summed E-state index contributed by atoms with van der Waals surface area (Å²) in [5.41, 5.74) is 0.744. The molecule has 0 unspecified atom stereocenters. The molecule has 1 aliphatic heterocycles. The molecule has 0 N–H and O–H groups in total. The summed E-state index contributed by atoms with van der Waals surface area (Å²) in [6.45, 7) is 4.00. The van der Waals surface area contributed by atoms with Crippen LogP contribution in [-0.2, 0) is 4.79 Å². The topological polar surface area (TPSA) is 29.5 Å². The van der Waals surface area contributed by atoms with E-state index >= 15 is 0 Å². The molecule has 0 spiro atoms. The molecule has 1 fully saturated rings. The second-order valence-electron chi connectivity index (χ2n) is 4.02. The Morgan fingerprint density at radius 2 is 2.30 bits per heavy atom. The number of carbonyl (C=O) groups excluding carboxylic acids is 1. The summed E-state index contributed by atoms with van der Waals surface area (Å²) in [4.78, 5) is 14.0. The van der Waals surface area contributed by atoms with Crippen LogP contribution in [0.25, 0.3) is 6.08 Å². The molecule has 0 aromatic heterocycles. The molecule has 0 bridgehead atoms. The first-order valence-electron chi connectivity index (χ1n) is 5.77. The van der Waals surface area contributed by atoms with Gasteiger partial charge in [0.05, 0.1) is 4.91 Å². The molecule has 1 aromatic rings. The van der Waals surface area contributed by atoms with E-state index in [1.165, 1.54) is 16.7 Å². The van der Waals surface area contributed by atoms with Crippen molar-refractivity contribution in [1.29, 1.82) is 0 Å². The molecule has 0 radical (unpaired) electrons. The molecule has 1 saturated heterocycles. The summed E-state index contributed by atoms with van der Waals surface area (Å²) in [5, 5.41) is 0.578. The van der Waals surface area contributed by atoms with Crippen molar-refractivity contribution >= 4 is 51.9 Å². The van der Waals surface area contributed by atoms with Gasteiger partial charge >= 0.3 is 0 Å². The van der Waals surface area contributed by atoms with Crippen molar-refractivity contribution in [3.8, 4) is 5.75 Å². The third kappa shape index (κ3) is 3.23. The van der Waals surface area contributed by atoms with E-state index in [1.807, 2.05) is 0 Å². The van der Waals surface area contributed by atoms with Crippen LogP contribution in [0.2, 0.25) is 5.02 Å². The van der Waals surface area contributed by atoms with Gasteiger partial charge in [-0.25, -0.2) is 0 Å². The van der Waals surface area contributed by atoms with Gasteiger partial charge in [-0.1, -0.05) is 48.2 Å². The van der Waals surface area contributed by atoms with Gasteiger partial charge in [-0.2, -0.15) is 0 Å². The van der Waals surface area contributed by atoms with E-state index in [9.17, 15) is 4.79 Å². The Morgan fingerprint density at radius 3 is 2.90 bits per heavy atom. The van der Waals surface area contributed by atoms with Gasteiger partial charge in [-0.15, -0.1) is 0 Å². The maximum Gasteiger partial charge on any atom is 0.265 e. The van der Waals surface area contributed by atoms with Crippen LogP contribution < -0.4 is 4.74 Å². The molecule has 1 heterocycles. The van der Waals surface area contributed by atoms with E-state index in [-0.39, 0.29) is 5.91 Å². The fraction of sp³-hybridized carbons (Fsp3) is 0.143. The molecule has 2 rings (SSSR count). The average Bonchev–Trinajstić information content (AvgIpc) is 2.66. The molecule has 0 atom stereocenters. The molecule has 0 saturated carbocycles. The maximum absolute atomic E-state index is 12.0. The van der Waals surface area contributed by atoms with Crippen molar-refractivity contribution in [3.63, 3.8) is 0 Å². The number of carbonyl (C=O) groups is 1. The van der Waals surface area contributed by atoms with Crippen molar-refractivity contribution in [2.45, 2.75) is 0 Å². The average molecular weight is 326 g/mol. The van der Waals surface area contributed by atoms with Crippen LogP contribution >= 0.6 is 35.6 Å². The molecule has 6 heteroatoms. The lowest BCUT2D eigenvalue weighted by molar-refractivity contribution is -0.121. The maximum atomic E-state index is 12.0. The predicted molar refractivity (Wildman–Crippen MR) is 88.1 cm³/mol. The van der Waals surface area contributed by atoms with Gasteiger partial charge in [0.2, 0.25) is 0 Å². The minimum atomic E-state index is -0.116. The highest BCUT2D eigenvalue weighted by molar-refractivity contribution is 8.26. The highest BCUT2D eigenvalue weighted by atomic mass is 35.5. The molecule has 20 heavy (non-hydrogen) atoms. The summed E-state index contributed by atoms with van der Waals surface area (Å²) in [5.74, 6) is 0.533. The summed E-state index contributed by atoms with van der Waals surface area (Å²) in [7, 11) is 1.66. The first-order valence-corrected chi connectivity index (χ1v) is 7.38. The summed E-state index contributed by atoms with van der Waals surface area (Å²) < 4.78 is 6.09. The van der Waals surface area contributed by atoms with Gasteiger partial charge < -0.3 is 4.74 Å². The van der Waals surface area contributed by atoms with Crippen molar-refractivity contribution in [3.05, 3.63) is 46.3 Å². The number of likely N-dealkylation sites (N-methyl/N-ethyl adjacent to an activating group) is 1. The van der Waals surface area contributed by atoms with E-state index in [4.69, 9.17) is 28.6 Å². The molecule has 1 aromatic carbocycles.